The van der Waals surface area contributed by atoms with Gasteiger partial charge < -0.3 is 13.7 Å². The van der Waals surface area contributed by atoms with Crippen molar-refractivity contribution in [3.8, 4) is 22.8 Å². The summed E-state index contributed by atoms with van der Waals surface area (Å²) in [5, 5.41) is 9.65. The van der Waals surface area contributed by atoms with Crippen molar-refractivity contribution in [2.45, 2.75) is 0 Å². The molecule has 0 spiro atoms. The van der Waals surface area contributed by atoms with Crippen molar-refractivity contribution in [2.24, 2.45) is 0 Å². The highest BCUT2D eigenvalue weighted by Gasteiger charge is 2.08. The molecule has 5 nitrogen and oxygen atoms in total. The number of aromatic hydroxyl groups is 1. The Labute approximate surface area is 123 Å². The summed E-state index contributed by atoms with van der Waals surface area (Å²) in [4.78, 5) is 12.2. The molecule has 21 heavy (non-hydrogen) atoms. The Morgan fingerprint density at radius 2 is 1.81 bits per heavy atom. The number of hydrogen-bond acceptors (Lipinski definition) is 6. The van der Waals surface area contributed by atoms with Gasteiger partial charge in [-0.05, 0) is 42.5 Å². The summed E-state index contributed by atoms with van der Waals surface area (Å²) in [6, 6.07) is 12.5. The molecule has 6 heteroatoms. The molecule has 0 aliphatic heterocycles. The van der Waals surface area contributed by atoms with Gasteiger partial charge in [0.2, 0.25) is 12.3 Å². The topological polar surface area (TPSA) is 79.9 Å². The van der Waals surface area contributed by atoms with Crippen molar-refractivity contribution in [3.63, 3.8) is 0 Å². The molecule has 0 radical (unpaired) electrons. The van der Waals surface area contributed by atoms with Crippen molar-refractivity contribution in [1.82, 2.24) is 0 Å². The van der Waals surface area contributed by atoms with Gasteiger partial charge in [-0.1, -0.05) is 0 Å². The van der Waals surface area contributed by atoms with E-state index in [9.17, 15) is 9.90 Å². The monoisotopic (exact) mass is 302 g/mol. The lowest BCUT2D eigenvalue weighted by Crippen LogP contribution is -2.00. The third-order valence-electron chi connectivity index (χ3n) is 2.98. The SMILES string of the molecule is O=c1cc(-c2ccc(O)cc2)oc2ccc(OSO)cc12. The second-order valence-electron chi connectivity index (χ2n) is 4.34. The summed E-state index contributed by atoms with van der Waals surface area (Å²) < 4.78 is 19.2. The van der Waals surface area contributed by atoms with Gasteiger partial charge in [-0.15, -0.1) is 0 Å². The van der Waals surface area contributed by atoms with E-state index >= 15 is 0 Å². The maximum Gasteiger partial charge on any atom is 0.222 e. The number of benzene rings is 2. The normalized spacial score (nSPS) is 10.7. The lowest BCUT2D eigenvalue weighted by molar-refractivity contribution is 0.475. The molecule has 106 valence electrons. The summed E-state index contributed by atoms with van der Waals surface area (Å²) in [7, 11) is 0. The number of phenols is 1. The summed E-state index contributed by atoms with van der Waals surface area (Å²) in [6.07, 6.45) is 0. The van der Waals surface area contributed by atoms with Crippen LogP contribution in [0, 0.1) is 0 Å². The van der Waals surface area contributed by atoms with Crippen LogP contribution in [0.2, 0.25) is 0 Å². The first-order valence-corrected chi connectivity index (χ1v) is 6.72. The van der Waals surface area contributed by atoms with Gasteiger partial charge >= 0.3 is 0 Å². The molecule has 1 aromatic heterocycles. The molecule has 2 N–H and O–H groups in total. The van der Waals surface area contributed by atoms with Crippen LogP contribution in [0.4, 0.5) is 0 Å². The number of hydrogen-bond donors (Lipinski definition) is 2. The molecule has 0 bridgehead atoms. The average Bonchev–Trinajstić information content (AvgIpc) is 2.49. The van der Waals surface area contributed by atoms with Gasteiger partial charge in [0.1, 0.15) is 22.8 Å². The minimum atomic E-state index is -0.215. The van der Waals surface area contributed by atoms with E-state index < -0.39 is 0 Å². The van der Waals surface area contributed by atoms with Gasteiger partial charge in [-0.3, -0.25) is 9.35 Å². The second-order valence-corrected chi connectivity index (χ2v) is 4.65. The van der Waals surface area contributed by atoms with Crippen molar-refractivity contribution >= 4 is 23.3 Å². The minimum Gasteiger partial charge on any atom is -0.508 e. The predicted molar refractivity (Wildman–Crippen MR) is 80.4 cm³/mol. The van der Waals surface area contributed by atoms with E-state index in [4.69, 9.17) is 13.2 Å². The first-order valence-electron chi connectivity index (χ1n) is 6.03. The molecule has 0 saturated heterocycles. The molecule has 3 rings (SSSR count). The highest BCUT2D eigenvalue weighted by Crippen LogP contribution is 2.26. The fourth-order valence-corrected chi connectivity index (χ4v) is 2.19. The number of rotatable bonds is 3. The maximum atomic E-state index is 12.2. The first kappa shape index (κ1) is 13.5. The van der Waals surface area contributed by atoms with Crippen LogP contribution >= 0.6 is 12.3 Å². The summed E-state index contributed by atoms with van der Waals surface area (Å²) >= 11 is 0.214. The highest BCUT2D eigenvalue weighted by atomic mass is 32.2. The summed E-state index contributed by atoms with van der Waals surface area (Å²) in [6.45, 7) is 0. The molecule has 0 saturated carbocycles. The molecule has 0 aliphatic carbocycles. The lowest BCUT2D eigenvalue weighted by Gasteiger charge is -2.05. The first-order chi connectivity index (χ1) is 10.2. The summed E-state index contributed by atoms with van der Waals surface area (Å²) in [5.41, 5.74) is 0.895. The van der Waals surface area contributed by atoms with Gasteiger partial charge in [0.05, 0.1) is 5.39 Å². The third-order valence-corrected chi connectivity index (χ3v) is 3.25. The Morgan fingerprint density at radius 3 is 2.52 bits per heavy atom. The average molecular weight is 302 g/mol. The van der Waals surface area contributed by atoms with Crippen LogP contribution < -0.4 is 9.61 Å². The zero-order valence-corrected chi connectivity index (χ0v) is 11.5. The van der Waals surface area contributed by atoms with Crippen LogP contribution in [0.25, 0.3) is 22.3 Å². The Hall–Kier alpha value is -2.44. The molecule has 2 aromatic carbocycles. The largest absolute Gasteiger partial charge is 0.508 e. The van der Waals surface area contributed by atoms with Crippen molar-refractivity contribution in [2.75, 3.05) is 0 Å². The van der Waals surface area contributed by atoms with E-state index in [0.717, 1.165) is 0 Å². The zero-order chi connectivity index (χ0) is 14.8. The molecule has 3 aromatic rings. The van der Waals surface area contributed by atoms with E-state index in [2.05, 4.69) is 0 Å². The number of fused-ring (bicyclic) bond motifs is 1. The van der Waals surface area contributed by atoms with Crippen molar-refractivity contribution in [1.29, 1.82) is 0 Å². The zero-order valence-electron chi connectivity index (χ0n) is 10.6. The molecule has 1 heterocycles. The quantitative estimate of drug-likeness (QED) is 0.719. The van der Waals surface area contributed by atoms with Crippen molar-refractivity contribution < 1.29 is 18.3 Å². The highest BCUT2D eigenvalue weighted by molar-refractivity contribution is 7.89. The molecule has 0 atom stereocenters. The third kappa shape index (κ3) is 2.72. The lowest BCUT2D eigenvalue weighted by atomic mass is 10.1. The van der Waals surface area contributed by atoms with Gasteiger partial charge in [0.15, 0.2) is 5.43 Å². The minimum absolute atomic E-state index is 0.144. The fraction of sp³-hybridized carbons (Fsp3) is 0. The Kier molecular flexibility index (Phi) is 3.55. The number of phenolic OH excluding ortho intramolecular Hbond substituents is 1. The smallest absolute Gasteiger partial charge is 0.222 e. The molecular weight excluding hydrogens is 292 g/mol. The molecular formula is C15H10O5S. The van der Waals surface area contributed by atoms with E-state index in [1.54, 1.807) is 24.3 Å². The van der Waals surface area contributed by atoms with Gasteiger partial charge in [-0.25, -0.2) is 0 Å². The van der Waals surface area contributed by atoms with Crippen LogP contribution in [-0.2, 0) is 0 Å². The van der Waals surface area contributed by atoms with Crippen LogP contribution in [0.3, 0.4) is 0 Å². The molecule has 0 aliphatic rings. The van der Waals surface area contributed by atoms with Crippen LogP contribution in [0.15, 0.2) is 57.7 Å². The summed E-state index contributed by atoms with van der Waals surface area (Å²) in [5.74, 6) is 0.919. The Morgan fingerprint density at radius 1 is 1.05 bits per heavy atom. The predicted octanol–water partition coefficient (Wildman–Crippen LogP) is 3.67. The van der Waals surface area contributed by atoms with Gasteiger partial charge in [-0.2, -0.15) is 0 Å². The molecule has 0 unspecified atom stereocenters. The fourth-order valence-electron chi connectivity index (χ4n) is 2.00. The van der Waals surface area contributed by atoms with E-state index in [1.165, 1.54) is 24.3 Å². The Balaban J connectivity index is 2.13. The second kappa shape index (κ2) is 5.51. The van der Waals surface area contributed by atoms with E-state index in [-0.39, 0.29) is 23.5 Å². The van der Waals surface area contributed by atoms with Gasteiger partial charge in [0, 0.05) is 11.6 Å². The standard InChI is InChI=1S/C15H10O5S/c16-10-3-1-9(2-4-10)15-8-13(17)12-7-11(20-21-18)5-6-14(12)19-15/h1-8,16,18H. The Bertz CT molecular complexity index is 839. The van der Waals surface area contributed by atoms with Crippen LogP contribution in [0.1, 0.15) is 0 Å². The van der Waals surface area contributed by atoms with E-state index in [0.29, 0.717) is 28.0 Å². The van der Waals surface area contributed by atoms with E-state index in [1.807, 2.05) is 0 Å². The van der Waals surface area contributed by atoms with Crippen LogP contribution in [-0.4, -0.2) is 9.66 Å². The van der Waals surface area contributed by atoms with Crippen molar-refractivity contribution in [3.05, 3.63) is 58.8 Å². The maximum absolute atomic E-state index is 12.2. The van der Waals surface area contributed by atoms with Crippen LogP contribution in [0.5, 0.6) is 11.5 Å². The molecule has 0 amide bonds. The van der Waals surface area contributed by atoms with Gasteiger partial charge in [0.25, 0.3) is 0 Å². The molecule has 0 fully saturated rings.